The molecule has 0 spiro atoms. The molecular formula is C33H41ClN4O3. The van der Waals surface area contributed by atoms with Crippen molar-refractivity contribution in [3.8, 4) is 0 Å². The van der Waals surface area contributed by atoms with Gasteiger partial charge >= 0.3 is 0 Å². The van der Waals surface area contributed by atoms with Crippen molar-refractivity contribution in [1.29, 1.82) is 0 Å². The number of benzene rings is 3. The number of halogens is 1. The van der Waals surface area contributed by atoms with Gasteiger partial charge in [0.2, 0.25) is 11.8 Å². The topological polar surface area (TPSA) is 81.8 Å². The highest BCUT2D eigenvalue weighted by atomic mass is 35.5. The molecule has 1 saturated carbocycles. The molecule has 0 aromatic heterocycles. The zero-order chi connectivity index (χ0) is 28.2. The number of amides is 3. The molecule has 0 saturated heterocycles. The lowest BCUT2D eigenvalue weighted by Crippen LogP contribution is -2.55. The molecule has 2 N–H and O–H groups in total. The van der Waals surface area contributed by atoms with Crippen molar-refractivity contribution in [2.45, 2.75) is 71.0 Å². The van der Waals surface area contributed by atoms with Crippen LogP contribution in [0.3, 0.4) is 0 Å². The Morgan fingerprint density at radius 1 is 0.951 bits per heavy atom. The zero-order valence-electron chi connectivity index (χ0n) is 24.2. The van der Waals surface area contributed by atoms with Gasteiger partial charge in [0.25, 0.3) is 5.91 Å². The Bertz CT molecular complexity index is 1400. The van der Waals surface area contributed by atoms with Crippen molar-refractivity contribution in [3.05, 3.63) is 71.8 Å². The Kier molecular flexibility index (Phi) is 10.1. The quantitative estimate of drug-likeness (QED) is 0.388. The molecule has 1 aliphatic carbocycles. The molecule has 218 valence electrons. The second-order valence-corrected chi connectivity index (χ2v) is 11.3. The molecule has 0 bridgehead atoms. The standard InChI is InChI=1S/C33H40N4O3.ClH/c1-22-17-18-25-13-7-8-14-26(25)27(22)20-37-30-16-10-9-15-29(30)36(31(38)19-24-11-5-4-6-12-24)21-28(33(37)40)35-32(39)23(2)34-3;/h7-10,13-18,23-24,28,34H,4-6,11-12,19-21H2,1-3H3,(H,35,39);1H/t23?,28-;/m0./s1. The summed E-state index contributed by atoms with van der Waals surface area (Å²) in [5.41, 5.74) is 3.54. The summed E-state index contributed by atoms with van der Waals surface area (Å²) in [6.07, 6.45) is 6.13. The maximum atomic E-state index is 14.3. The first-order valence-corrected chi connectivity index (χ1v) is 14.5. The molecule has 3 amide bonds. The Morgan fingerprint density at radius 2 is 1.63 bits per heavy atom. The lowest BCUT2D eigenvalue weighted by atomic mass is 9.86. The summed E-state index contributed by atoms with van der Waals surface area (Å²) in [5.74, 6) is -0.118. The molecule has 2 atom stereocenters. The van der Waals surface area contributed by atoms with E-state index in [1.807, 2.05) is 36.4 Å². The summed E-state index contributed by atoms with van der Waals surface area (Å²) < 4.78 is 0. The highest BCUT2D eigenvalue weighted by molar-refractivity contribution is 6.08. The van der Waals surface area contributed by atoms with Gasteiger partial charge in [-0.2, -0.15) is 0 Å². The third-order valence-corrected chi connectivity index (χ3v) is 8.62. The fourth-order valence-electron chi connectivity index (χ4n) is 6.08. The Hall–Kier alpha value is -3.42. The van der Waals surface area contributed by atoms with Crippen molar-refractivity contribution >= 4 is 52.3 Å². The van der Waals surface area contributed by atoms with E-state index >= 15 is 0 Å². The summed E-state index contributed by atoms with van der Waals surface area (Å²) in [4.78, 5) is 44.7. The smallest absolute Gasteiger partial charge is 0.251 e. The number of para-hydroxylation sites is 2. The van der Waals surface area contributed by atoms with Gasteiger partial charge in [0.05, 0.1) is 30.5 Å². The van der Waals surface area contributed by atoms with E-state index in [9.17, 15) is 14.4 Å². The van der Waals surface area contributed by atoms with Gasteiger partial charge in [-0.15, -0.1) is 12.4 Å². The maximum Gasteiger partial charge on any atom is 0.251 e. The van der Waals surface area contributed by atoms with E-state index in [4.69, 9.17) is 0 Å². The molecule has 0 radical (unpaired) electrons. The number of carbonyl (C=O) groups excluding carboxylic acids is 3. The van der Waals surface area contributed by atoms with Crippen LogP contribution < -0.4 is 20.4 Å². The molecule has 2 aliphatic rings. The summed E-state index contributed by atoms with van der Waals surface area (Å²) in [6, 6.07) is 18.7. The second-order valence-electron chi connectivity index (χ2n) is 11.3. The van der Waals surface area contributed by atoms with E-state index in [-0.39, 0.29) is 36.7 Å². The minimum absolute atomic E-state index is 0. The van der Waals surface area contributed by atoms with Crippen LogP contribution in [0.15, 0.2) is 60.7 Å². The van der Waals surface area contributed by atoms with Crippen molar-refractivity contribution in [2.24, 2.45) is 5.92 Å². The van der Waals surface area contributed by atoms with Crippen molar-refractivity contribution < 1.29 is 14.4 Å². The lowest BCUT2D eigenvalue weighted by molar-refractivity contribution is -0.128. The molecule has 3 aromatic rings. The van der Waals surface area contributed by atoms with Crippen LogP contribution in [-0.2, 0) is 20.9 Å². The predicted molar refractivity (Wildman–Crippen MR) is 168 cm³/mol. The van der Waals surface area contributed by atoms with Crippen LogP contribution in [0.4, 0.5) is 11.4 Å². The first-order chi connectivity index (χ1) is 19.4. The molecule has 1 unspecified atom stereocenters. The van der Waals surface area contributed by atoms with Gasteiger partial charge in [-0.1, -0.05) is 67.8 Å². The number of rotatable bonds is 7. The highest BCUT2D eigenvalue weighted by Crippen LogP contribution is 2.37. The first kappa shape index (κ1) is 30.5. The zero-order valence-corrected chi connectivity index (χ0v) is 25.0. The number of hydrogen-bond acceptors (Lipinski definition) is 4. The van der Waals surface area contributed by atoms with E-state index < -0.39 is 12.1 Å². The average Bonchev–Trinajstić information content (AvgIpc) is 3.09. The number of nitrogens with one attached hydrogen (secondary N) is 2. The van der Waals surface area contributed by atoms with Gasteiger partial charge in [0.1, 0.15) is 6.04 Å². The van der Waals surface area contributed by atoms with Crippen LogP contribution in [0.2, 0.25) is 0 Å². The Balaban J connectivity index is 0.00000387. The fraction of sp³-hybridized carbons (Fsp3) is 0.424. The van der Waals surface area contributed by atoms with Gasteiger partial charge in [0, 0.05) is 6.42 Å². The number of hydrogen-bond donors (Lipinski definition) is 2. The summed E-state index contributed by atoms with van der Waals surface area (Å²) in [7, 11) is 1.71. The van der Waals surface area contributed by atoms with Crippen molar-refractivity contribution in [3.63, 3.8) is 0 Å². The number of nitrogens with zero attached hydrogens (tertiary/aromatic N) is 2. The fourth-order valence-corrected chi connectivity index (χ4v) is 6.08. The van der Waals surface area contributed by atoms with Crippen LogP contribution in [0.25, 0.3) is 10.8 Å². The summed E-state index contributed by atoms with van der Waals surface area (Å²) >= 11 is 0. The number of aryl methyl sites for hydroxylation is 1. The normalized spacial score (nSPS) is 18.3. The van der Waals surface area contributed by atoms with Crippen LogP contribution in [-0.4, -0.2) is 43.4 Å². The van der Waals surface area contributed by atoms with Crippen LogP contribution in [0.1, 0.15) is 56.6 Å². The Morgan fingerprint density at radius 3 is 2.37 bits per heavy atom. The molecule has 8 heteroatoms. The number of anilines is 2. The van der Waals surface area contributed by atoms with E-state index in [1.54, 1.807) is 23.8 Å². The van der Waals surface area contributed by atoms with Gasteiger partial charge in [0.15, 0.2) is 0 Å². The highest BCUT2D eigenvalue weighted by Gasteiger charge is 2.38. The molecule has 1 aliphatic heterocycles. The summed E-state index contributed by atoms with van der Waals surface area (Å²) in [6.45, 7) is 4.26. The summed E-state index contributed by atoms with van der Waals surface area (Å²) in [5, 5.41) is 8.11. The third-order valence-electron chi connectivity index (χ3n) is 8.62. The van der Waals surface area contributed by atoms with Crippen LogP contribution in [0.5, 0.6) is 0 Å². The minimum atomic E-state index is -0.874. The predicted octanol–water partition coefficient (Wildman–Crippen LogP) is 5.51. The van der Waals surface area contributed by atoms with Gasteiger partial charge < -0.3 is 20.4 Å². The van der Waals surface area contributed by atoms with Gasteiger partial charge in [-0.3, -0.25) is 14.4 Å². The average molecular weight is 577 g/mol. The van der Waals surface area contributed by atoms with E-state index in [1.165, 1.54) is 6.42 Å². The van der Waals surface area contributed by atoms with Crippen molar-refractivity contribution in [2.75, 3.05) is 23.4 Å². The lowest BCUT2D eigenvalue weighted by Gasteiger charge is -2.28. The largest absolute Gasteiger partial charge is 0.341 e. The molecule has 41 heavy (non-hydrogen) atoms. The number of fused-ring (bicyclic) bond motifs is 2. The van der Waals surface area contributed by atoms with E-state index in [0.717, 1.165) is 47.6 Å². The molecular weight excluding hydrogens is 536 g/mol. The molecule has 1 fully saturated rings. The molecule has 5 rings (SSSR count). The van der Waals surface area contributed by atoms with E-state index in [0.29, 0.717) is 30.3 Å². The molecule has 3 aromatic carbocycles. The SMILES string of the molecule is CNC(C)C(=O)N[C@H]1CN(C(=O)CC2CCCCC2)c2ccccc2N(Cc2c(C)ccc3ccccc23)C1=O.Cl. The monoisotopic (exact) mass is 576 g/mol. The van der Waals surface area contributed by atoms with Gasteiger partial charge in [-0.25, -0.2) is 0 Å². The maximum absolute atomic E-state index is 14.3. The number of carbonyl (C=O) groups is 3. The van der Waals surface area contributed by atoms with Crippen molar-refractivity contribution in [1.82, 2.24) is 10.6 Å². The van der Waals surface area contributed by atoms with Gasteiger partial charge in [-0.05, 0) is 73.7 Å². The van der Waals surface area contributed by atoms with E-state index in [2.05, 4.69) is 41.8 Å². The number of likely N-dealkylation sites (N-methyl/N-ethyl adjacent to an activating group) is 1. The second kappa shape index (κ2) is 13.5. The third kappa shape index (κ3) is 6.57. The molecule has 7 nitrogen and oxygen atoms in total. The van der Waals surface area contributed by atoms with Crippen LogP contribution >= 0.6 is 12.4 Å². The first-order valence-electron chi connectivity index (χ1n) is 14.5. The molecule has 1 heterocycles. The minimum Gasteiger partial charge on any atom is -0.341 e. The van der Waals surface area contributed by atoms with Crippen LogP contribution in [0, 0.1) is 12.8 Å². The Labute approximate surface area is 249 Å².